The maximum atomic E-state index is 11.3. The minimum atomic E-state index is -0.165. The third-order valence-electron chi connectivity index (χ3n) is 3.40. The summed E-state index contributed by atoms with van der Waals surface area (Å²) in [5.41, 5.74) is 5.26. The van der Waals surface area contributed by atoms with Crippen LogP contribution >= 0.6 is 15.9 Å². The lowest BCUT2D eigenvalue weighted by molar-refractivity contribution is 0.948. The average Bonchev–Trinajstić information content (AvgIpc) is 2.77. The molecule has 0 bridgehead atoms. The molecule has 0 amide bonds. The average molecular weight is 331 g/mol. The van der Waals surface area contributed by atoms with E-state index in [4.69, 9.17) is 0 Å². The Bertz CT molecular complexity index is 803. The predicted octanol–water partition coefficient (Wildman–Crippen LogP) is 3.84. The number of imidazole rings is 1. The molecule has 0 saturated carbocycles. The molecular formula is C16H15BrN2O. The van der Waals surface area contributed by atoms with Crippen LogP contribution in [0.15, 0.2) is 47.3 Å². The lowest BCUT2D eigenvalue weighted by atomic mass is 10.0. The van der Waals surface area contributed by atoms with Crippen molar-refractivity contribution < 1.29 is 0 Å². The monoisotopic (exact) mass is 330 g/mol. The number of aromatic nitrogens is 2. The molecule has 1 atom stereocenters. The number of aromatic amines is 2. The first-order chi connectivity index (χ1) is 9.61. The highest BCUT2D eigenvalue weighted by atomic mass is 79.9. The van der Waals surface area contributed by atoms with Crippen molar-refractivity contribution in [2.45, 2.75) is 18.2 Å². The number of rotatable bonds is 3. The van der Waals surface area contributed by atoms with Gasteiger partial charge >= 0.3 is 5.69 Å². The van der Waals surface area contributed by atoms with Gasteiger partial charge in [-0.05, 0) is 36.6 Å². The van der Waals surface area contributed by atoms with Gasteiger partial charge in [0.1, 0.15) is 0 Å². The molecule has 0 aliphatic rings. The fourth-order valence-corrected chi connectivity index (χ4v) is 3.07. The summed E-state index contributed by atoms with van der Waals surface area (Å²) < 4.78 is 0. The standard InChI is InChI=1S/C16H15BrN2O/c1-10-3-2-4-11(7-10)8-13(17)12-5-6-14-15(9-12)19-16(20)18-14/h2-7,9,13H,8H2,1H3,(H2,18,19,20). The van der Waals surface area contributed by atoms with Gasteiger partial charge in [-0.1, -0.05) is 51.8 Å². The van der Waals surface area contributed by atoms with Gasteiger partial charge < -0.3 is 9.97 Å². The summed E-state index contributed by atoms with van der Waals surface area (Å²) >= 11 is 3.74. The molecule has 1 aromatic heterocycles. The van der Waals surface area contributed by atoms with E-state index in [0.29, 0.717) is 0 Å². The van der Waals surface area contributed by atoms with E-state index in [-0.39, 0.29) is 10.5 Å². The second-order valence-corrected chi connectivity index (χ2v) is 6.15. The van der Waals surface area contributed by atoms with Crippen LogP contribution in [0.5, 0.6) is 0 Å². The Hall–Kier alpha value is -1.81. The quantitative estimate of drug-likeness (QED) is 0.704. The lowest BCUT2D eigenvalue weighted by Gasteiger charge is -2.11. The minimum Gasteiger partial charge on any atom is -0.306 e. The van der Waals surface area contributed by atoms with E-state index in [0.717, 1.165) is 23.0 Å². The summed E-state index contributed by atoms with van der Waals surface area (Å²) in [6.07, 6.45) is 0.918. The Morgan fingerprint density at radius 2 is 1.90 bits per heavy atom. The third-order valence-corrected chi connectivity index (χ3v) is 4.25. The molecule has 0 aliphatic carbocycles. The van der Waals surface area contributed by atoms with E-state index in [1.165, 1.54) is 11.1 Å². The number of halogens is 1. The summed E-state index contributed by atoms with van der Waals surface area (Å²) in [6, 6.07) is 14.5. The molecule has 20 heavy (non-hydrogen) atoms. The zero-order chi connectivity index (χ0) is 14.1. The largest absolute Gasteiger partial charge is 0.323 e. The summed E-state index contributed by atoms with van der Waals surface area (Å²) in [4.78, 5) is 17.1. The third kappa shape index (κ3) is 2.70. The SMILES string of the molecule is Cc1cccc(CC(Br)c2ccc3[nH]c(=O)[nH]c3c2)c1. The van der Waals surface area contributed by atoms with Gasteiger partial charge in [-0.25, -0.2) is 4.79 Å². The first-order valence-corrected chi connectivity index (χ1v) is 7.45. The summed E-state index contributed by atoms with van der Waals surface area (Å²) in [6.45, 7) is 2.10. The van der Waals surface area contributed by atoms with Crippen LogP contribution in [0.1, 0.15) is 21.5 Å². The number of fused-ring (bicyclic) bond motifs is 1. The molecule has 3 nitrogen and oxygen atoms in total. The Balaban J connectivity index is 1.88. The molecule has 3 rings (SSSR count). The molecule has 1 unspecified atom stereocenters. The normalized spacial score (nSPS) is 12.7. The van der Waals surface area contributed by atoms with E-state index < -0.39 is 0 Å². The van der Waals surface area contributed by atoms with Crippen molar-refractivity contribution in [3.8, 4) is 0 Å². The second-order valence-electron chi connectivity index (χ2n) is 5.04. The first kappa shape index (κ1) is 13.2. The van der Waals surface area contributed by atoms with Crippen molar-refractivity contribution >= 4 is 27.0 Å². The van der Waals surface area contributed by atoms with Crippen molar-refractivity contribution in [1.82, 2.24) is 9.97 Å². The molecule has 2 N–H and O–H groups in total. The number of hydrogen-bond donors (Lipinski definition) is 2. The molecule has 4 heteroatoms. The summed E-state index contributed by atoms with van der Waals surface area (Å²) in [5.74, 6) is 0. The smallest absolute Gasteiger partial charge is 0.306 e. The Labute approximate surface area is 125 Å². The number of aryl methyl sites for hydroxylation is 1. The van der Waals surface area contributed by atoms with Crippen LogP contribution in [0.4, 0.5) is 0 Å². The van der Waals surface area contributed by atoms with E-state index in [9.17, 15) is 4.79 Å². The van der Waals surface area contributed by atoms with Crippen molar-refractivity contribution in [3.05, 3.63) is 69.6 Å². The highest BCUT2D eigenvalue weighted by Gasteiger charge is 2.10. The Morgan fingerprint density at radius 1 is 1.10 bits per heavy atom. The zero-order valence-corrected chi connectivity index (χ0v) is 12.7. The van der Waals surface area contributed by atoms with Crippen LogP contribution in [0, 0.1) is 6.92 Å². The Morgan fingerprint density at radius 3 is 2.70 bits per heavy atom. The van der Waals surface area contributed by atoms with E-state index in [1.807, 2.05) is 18.2 Å². The molecule has 0 aliphatic heterocycles. The minimum absolute atomic E-state index is 0.165. The summed E-state index contributed by atoms with van der Waals surface area (Å²) in [7, 11) is 0. The van der Waals surface area contributed by atoms with Crippen molar-refractivity contribution in [3.63, 3.8) is 0 Å². The van der Waals surface area contributed by atoms with Crippen LogP contribution in [0.3, 0.4) is 0 Å². The fraction of sp³-hybridized carbons (Fsp3) is 0.188. The Kier molecular flexibility index (Phi) is 3.49. The van der Waals surface area contributed by atoms with Crippen molar-refractivity contribution in [1.29, 1.82) is 0 Å². The number of alkyl halides is 1. The van der Waals surface area contributed by atoms with E-state index in [2.05, 4.69) is 57.1 Å². The molecular weight excluding hydrogens is 316 g/mol. The molecule has 0 radical (unpaired) electrons. The molecule has 1 heterocycles. The topological polar surface area (TPSA) is 48.6 Å². The maximum absolute atomic E-state index is 11.3. The zero-order valence-electron chi connectivity index (χ0n) is 11.1. The van der Waals surface area contributed by atoms with Gasteiger partial charge in [-0.2, -0.15) is 0 Å². The number of hydrogen-bond acceptors (Lipinski definition) is 1. The van der Waals surface area contributed by atoms with Gasteiger partial charge in [0.25, 0.3) is 0 Å². The van der Waals surface area contributed by atoms with Crippen LogP contribution < -0.4 is 5.69 Å². The van der Waals surface area contributed by atoms with Crippen molar-refractivity contribution in [2.24, 2.45) is 0 Å². The fourth-order valence-electron chi connectivity index (χ4n) is 2.41. The summed E-state index contributed by atoms with van der Waals surface area (Å²) in [5, 5.41) is 0. The van der Waals surface area contributed by atoms with Crippen LogP contribution in [0.25, 0.3) is 11.0 Å². The first-order valence-electron chi connectivity index (χ1n) is 6.53. The molecule has 102 valence electrons. The number of H-pyrrole nitrogens is 2. The molecule has 0 fully saturated rings. The highest BCUT2D eigenvalue weighted by Crippen LogP contribution is 2.28. The lowest BCUT2D eigenvalue weighted by Crippen LogP contribution is -1.99. The number of nitrogens with one attached hydrogen (secondary N) is 2. The van der Waals surface area contributed by atoms with Gasteiger partial charge in [0, 0.05) is 4.83 Å². The van der Waals surface area contributed by atoms with Crippen LogP contribution in [-0.4, -0.2) is 9.97 Å². The van der Waals surface area contributed by atoms with E-state index in [1.54, 1.807) is 0 Å². The predicted molar refractivity (Wildman–Crippen MR) is 85.5 cm³/mol. The maximum Gasteiger partial charge on any atom is 0.323 e. The highest BCUT2D eigenvalue weighted by molar-refractivity contribution is 9.09. The van der Waals surface area contributed by atoms with Gasteiger partial charge in [0.15, 0.2) is 0 Å². The second kappa shape index (κ2) is 5.29. The van der Waals surface area contributed by atoms with Crippen LogP contribution in [-0.2, 0) is 6.42 Å². The molecule has 0 spiro atoms. The van der Waals surface area contributed by atoms with Crippen LogP contribution in [0.2, 0.25) is 0 Å². The molecule has 0 saturated heterocycles. The number of benzene rings is 2. The van der Waals surface area contributed by atoms with Gasteiger partial charge in [0.2, 0.25) is 0 Å². The van der Waals surface area contributed by atoms with E-state index >= 15 is 0 Å². The molecule has 2 aromatic carbocycles. The van der Waals surface area contributed by atoms with Gasteiger partial charge in [-0.15, -0.1) is 0 Å². The van der Waals surface area contributed by atoms with Gasteiger partial charge in [-0.3, -0.25) is 0 Å². The molecule has 3 aromatic rings. The van der Waals surface area contributed by atoms with Gasteiger partial charge in [0.05, 0.1) is 11.0 Å². The van der Waals surface area contributed by atoms with Crippen molar-refractivity contribution in [2.75, 3.05) is 0 Å².